The number of aromatic carboxylic acids is 1. The van der Waals surface area contributed by atoms with Gasteiger partial charge in [0.15, 0.2) is 0 Å². The van der Waals surface area contributed by atoms with E-state index in [1.807, 2.05) is 41.5 Å². The molecule has 4 aromatic rings. The molecule has 21 heteroatoms. The molecule has 0 aromatic heterocycles. The lowest BCUT2D eigenvalue weighted by Crippen LogP contribution is -2.32. The number of phenols is 2. The number of aromatic hydroxyl groups is 2. The maximum atomic E-state index is 12.2. The number of phenolic OH excluding ortho intramolecular Hbond substituents is 2. The predicted octanol–water partition coefficient (Wildman–Crippen LogP) is 9.39. The first-order valence-corrected chi connectivity index (χ1v) is 22.3. The van der Waals surface area contributed by atoms with Crippen LogP contribution in [-0.4, -0.2) is 89.4 Å². The van der Waals surface area contributed by atoms with Crippen LogP contribution >= 0.6 is 0 Å². The second-order valence-electron chi connectivity index (χ2n) is 17.9. The lowest BCUT2D eigenvalue weighted by Gasteiger charge is -2.19. The fourth-order valence-corrected chi connectivity index (χ4v) is 6.18. The van der Waals surface area contributed by atoms with Crippen molar-refractivity contribution in [1.29, 1.82) is 0 Å². The van der Waals surface area contributed by atoms with Crippen molar-refractivity contribution in [2.75, 3.05) is 0 Å². The number of benzene rings is 4. The highest BCUT2D eigenvalue weighted by atomic mass is 16.7. The zero-order chi connectivity index (χ0) is 52.5. The molecule has 21 nitrogen and oxygen atoms in total. The Bertz CT molecular complexity index is 2620. The van der Waals surface area contributed by atoms with Gasteiger partial charge in [0.1, 0.15) is 34.1 Å². The summed E-state index contributed by atoms with van der Waals surface area (Å²) in [6.07, 6.45) is 3.36. The Balaban J connectivity index is 0.000000271. The number of imide groups is 2. The van der Waals surface area contributed by atoms with Crippen LogP contribution in [0.15, 0.2) is 105 Å². The Morgan fingerprint density at radius 3 is 1.28 bits per heavy atom. The Morgan fingerprint density at radius 1 is 0.549 bits per heavy atom. The van der Waals surface area contributed by atoms with E-state index in [0.29, 0.717) is 54.2 Å². The molecule has 0 aliphatic carbocycles. The number of hydrogen-bond acceptors (Lipinski definition) is 18. The summed E-state index contributed by atoms with van der Waals surface area (Å²) in [6.45, 7) is 11.0. The normalized spacial score (nSPS) is 13.7. The minimum atomic E-state index is -1.01. The van der Waals surface area contributed by atoms with Crippen molar-refractivity contribution in [3.8, 4) is 11.5 Å². The molecule has 0 spiro atoms. The topological polar surface area (TPSA) is 301 Å². The van der Waals surface area contributed by atoms with Gasteiger partial charge in [-0.25, -0.2) is 9.59 Å². The Kier molecular flexibility index (Phi) is 19.8. The van der Waals surface area contributed by atoms with Crippen molar-refractivity contribution in [3.05, 3.63) is 107 Å². The van der Waals surface area contributed by atoms with E-state index in [-0.39, 0.29) is 77.4 Å². The minimum Gasteiger partial charge on any atom is -0.506 e. The zero-order valence-electron chi connectivity index (χ0n) is 40.1. The van der Waals surface area contributed by atoms with Crippen LogP contribution in [0.2, 0.25) is 0 Å². The molecule has 0 bridgehead atoms. The summed E-state index contributed by atoms with van der Waals surface area (Å²) in [5.41, 5.74) is 2.51. The molecule has 4 aromatic carbocycles. The monoisotopic (exact) mass is 980 g/mol. The van der Waals surface area contributed by atoms with Crippen molar-refractivity contribution in [2.45, 2.75) is 117 Å². The lowest BCUT2D eigenvalue weighted by atomic mass is 10.1. The molecule has 2 aliphatic heterocycles. The van der Waals surface area contributed by atoms with Crippen LogP contribution in [0.1, 0.15) is 125 Å². The fraction of sp³-hybridized carbons (Fsp3) is 0.360. The van der Waals surface area contributed by atoms with Gasteiger partial charge < -0.3 is 29.6 Å². The number of amides is 4. The van der Waals surface area contributed by atoms with Gasteiger partial charge in [-0.15, -0.1) is 15.3 Å². The van der Waals surface area contributed by atoms with Gasteiger partial charge in [-0.2, -0.15) is 15.3 Å². The standard InChI is InChI=1S/C25H27N3O7.C21H24N2O5.C4H5NO3/c1-25(2,3)34-23(32)6-4-5-16-7-12-20(29)19(15-16)27-26-18-10-8-17(9-11-18)24(33)35-28-21(30)13-14-22(28)31;1-21(2,3)28-19(25)6-4-5-14-7-12-18(24)17(13-14)23-22-16-10-8-15(9-11-16)20(26)27;6-3-1-2-4(7)5(3)8/h7-12,15,29H,4-6,13-14H2,1-3H3;7-13,24H,4-6H2,1-3H3,(H,26,27);8H,1-2H2. The molecule has 4 N–H and O–H groups in total. The van der Waals surface area contributed by atoms with Gasteiger partial charge in [0.2, 0.25) is 0 Å². The van der Waals surface area contributed by atoms with Crippen LogP contribution in [0, 0.1) is 0 Å². The number of ether oxygens (including phenoxy) is 2. The summed E-state index contributed by atoms with van der Waals surface area (Å²) in [6, 6.07) is 21.8. The molecule has 71 heavy (non-hydrogen) atoms. The number of rotatable bonds is 15. The molecule has 6 rings (SSSR count). The van der Waals surface area contributed by atoms with E-state index in [1.54, 1.807) is 24.3 Å². The molecule has 2 fully saturated rings. The molecule has 2 heterocycles. The zero-order valence-corrected chi connectivity index (χ0v) is 40.1. The van der Waals surface area contributed by atoms with Crippen LogP contribution in [0.3, 0.4) is 0 Å². The number of carboxylic acid groups (broad SMARTS) is 1. The number of hydrogen-bond donors (Lipinski definition) is 4. The van der Waals surface area contributed by atoms with Crippen LogP contribution in [0.25, 0.3) is 0 Å². The van der Waals surface area contributed by atoms with Gasteiger partial charge in [0.05, 0.1) is 22.5 Å². The molecule has 0 atom stereocenters. The Morgan fingerprint density at radius 2 is 0.930 bits per heavy atom. The molecule has 0 radical (unpaired) electrons. The minimum absolute atomic E-state index is 0.0122. The molecule has 2 saturated heterocycles. The Hall–Kier alpha value is -8.20. The van der Waals surface area contributed by atoms with E-state index in [1.165, 1.54) is 60.7 Å². The summed E-state index contributed by atoms with van der Waals surface area (Å²) < 4.78 is 10.6. The quantitative estimate of drug-likeness (QED) is 0.0373. The molecule has 4 amide bonds. The molecular formula is C50H56N6O15. The number of esters is 2. The first kappa shape index (κ1) is 55.4. The Labute approximate surface area is 408 Å². The molecule has 0 unspecified atom stereocenters. The smallest absolute Gasteiger partial charge is 0.363 e. The van der Waals surface area contributed by atoms with Crippen molar-refractivity contribution in [2.24, 2.45) is 20.5 Å². The van der Waals surface area contributed by atoms with E-state index in [9.17, 15) is 48.6 Å². The van der Waals surface area contributed by atoms with Gasteiger partial charge in [-0.3, -0.25) is 34.0 Å². The van der Waals surface area contributed by atoms with Crippen LogP contribution in [0.5, 0.6) is 11.5 Å². The molecule has 2 aliphatic rings. The van der Waals surface area contributed by atoms with Gasteiger partial charge in [0, 0.05) is 38.5 Å². The van der Waals surface area contributed by atoms with Crippen molar-refractivity contribution in [1.82, 2.24) is 10.1 Å². The van der Waals surface area contributed by atoms with Crippen molar-refractivity contribution in [3.63, 3.8) is 0 Å². The summed E-state index contributed by atoms with van der Waals surface area (Å²) in [5.74, 6) is -4.54. The van der Waals surface area contributed by atoms with Gasteiger partial charge in [-0.1, -0.05) is 12.1 Å². The van der Waals surface area contributed by atoms with Crippen LogP contribution < -0.4 is 0 Å². The summed E-state index contributed by atoms with van der Waals surface area (Å²) in [4.78, 5) is 95.1. The van der Waals surface area contributed by atoms with E-state index in [0.717, 1.165) is 11.1 Å². The number of carboxylic acids is 1. The predicted molar refractivity (Wildman–Crippen MR) is 251 cm³/mol. The third kappa shape index (κ3) is 19.0. The maximum absolute atomic E-state index is 12.2. The summed E-state index contributed by atoms with van der Waals surface area (Å²) >= 11 is 0. The first-order valence-electron chi connectivity index (χ1n) is 22.3. The average molecular weight is 981 g/mol. The van der Waals surface area contributed by atoms with E-state index < -0.39 is 46.8 Å². The fourth-order valence-electron chi connectivity index (χ4n) is 6.18. The second kappa shape index (κ2) is 25.4. The average Bonchev–Trinajstić information content (AvgIpc) is 3.78. The third-order valence-corrected chi connectivity index (χ3v) is 9.58. The van der Waals surface area contributed by atoms with Crippen molar-refractivity contribution >= 4 is 70.3 Å². The number of carbonyl (C=O) groups is 8. The molecule has 376 valence electrons. The van der Waals surface area contributed by atoms with Gasteiger partial charge in [-0.05, 0) is 151 Å². The number of aryl methyl sites for hydroxylation is 2. The maximum Gasteiger partial charge on any atom is 0.363 e. The van der Waals surface area contributed by atoms with Crippen LogP contribution in [0.4, 0.5) is 22.7 Å². The summed E-state index contributed by atoms with van der Waals surface area (Å²) in [7, 11) is 0. The third-order valence-electron chi connectivity index (χ3n) is 9.58. The number of azo groups is 2. The van der Waals surface area contributed by atoms with Gasteiger partial charge in [0.25, 0.3) is 23.6 Å². The second-order valence-corrected chi connectivity index (χ2v) is 17.9. The van der Waals surface area contributed by atoms with E-state index in [2.05, 4.69) is 20.5 Å². The van der Waals surface area contributed by atoms with E-state index >= 15 is 0 Å². The van der Waals surface area contributed by atoms with Crippen molar-refractivity contribution < 1.29 is 73.2 Å². The van der Waals surface area contributed by atoms with E-state index in [4.69, 9.17) is 24.6 Å². The summed E-state index contributed by atoms with van der Waals surface area (Å²) in [5, 5.41) is 54.2. The highest BCUT2D eigenvalue weighted by molar-refractivity contribution is 6.03. The number of carbonyl (C=O) groups excluding carboxylic acids is 7. The lowest BCUT2D eigenvalue weighted by molar-refractivity contribution is -0.173. The number of hydroxylamine groups is 4. The highest BCUT2D eigenvalue weighted by Crippen LogP contribution is 2.31. The molecular weight excluding hydrogens is 925 g/mol. The highest BCUT2D eigenvalue weighted by Gasteiger charge is 2.33. The van der Waals surface area contributed by atoms with Gasteiger partial charge >= 0.3 is 23.9 Å². The molecule has 0 saturated carbocycles. The van der Waals surface area contributed by atoms with Crippen LogP contribution in [-0.2, 0) is 55.9 Å². The first-order chi connectivity index (χ1) is 33.4. The number of nitrogens with zero attached hydrogens (tertiary/aromatic N) is 6. The largest absolute Gasteiger partial charge is 0.506 e. The SMILES string of the molecule is CC(C)(C)OC(=O)CCCc1ccc(O)c(N=Nc2ccc(C(=O)O)cc2)c1.CC(C)(C)OC(=O)CCCc1ccc(O)c(N=Nc2ccc(C(=O)ON3C(=O)CCC3=O)cc2)c1.O=C1CCC(=O)N1O.